The maximum Gasteiger partial charge on any atom is 0.365 e. The van der Waals surface area contributed by atoms with Crippen LogP contribution in [-0.2, 0) is 9.59 Å². The highest BCUT2D eigenvalue weighted by atomic mass is 27.2. The number of carboxylic acid groups (broad SMARTS) is 1. The van der Waals surface area contributed by atoms with Gasteiger partial charge in [-0.05, 0) is 6.42 Å². The largest absolute Gasteiger partial charge is 0.481 e. The summed E-state index contributed by atoms with van der Waals surface area (Å²) >= 11 is -0.943. The summed E-state index contributed by atoms with van der Waals surface area (Å²) in [6.07, 6.45) is 1.86. The van der Waals surface area contributed by atoms with E-state index in [4.69, 9.17) is 9.90 Å². The third-order valence-electron chi connectivity index (χ3n) is 1.94. The lowest BCUT2D eigenvalue weighted by atomic mass is 10.4. The first-order valence-electron chi connectivity index (χ1n) is 5.21. The van der Waals surface area contributed by atoms with E-state index < -0.39 is 20.1 Å². The predicted octanol–water partition coefficient (Wildman–Crippen LogP) is 2.52. The smallest absolute Gasteiger partial charge is 0.365 e. The van der Waals surface area contributed by atoms with Gasteiger partial charge in [0.05, 0.1) is 4.65 Å². The van der Waals surface area contributed by atoms with Crippen LogP contribution in [0.15, 0.2) is 0 Å². The molecule has 4 heteroatoms. The van der Waals surface area contributed by atoms with Crippen molar-refractivity contribution >= 4 is 24.8 Å². The Hall–Kier alpha value is -0.328. The Balaban J connectivity index is 0. The molecule has 0 aromatic carbocycles. The second-order valence-electron chi connectivity index (χ2n) is 3.25. The molecule has 0 unspecified atom stereocenters. The van der Waals surface area contributed by atoms with Crippen LogP contribution < -0.4 is 0 Å². The van der Waals surface area contributed by atoms with Crippen molar-refractivity contribution in [1.82, 2.24) is 0 Å². The van der Waals surface area contributed by atoms with Crippen LogP contribution in [0.2, 0.25) is 10.6 Å². The number of hydrogen-bond donors (Lipinski definition) is 1. The van der Waals surface area contributed by atoms with Crippen molar-refractivity contribution in [3.8, 4) is 0 Å². The maximum absolute atomic E-state index is 11.3. The molecule has 0 saturated carbocycles. The van der Waals surface area contributed by atoms with Crippen LogP contribution in [0.25, 0.3) is 0 Å². The third-order valence-corrected chi connectivity index (χ3v) is 5.11. The summed E-state index contributed by atoms with van der Waals surface area (Å²) in [6.45, 7) is 7.45. The summed E-state index contributed by atoms with van der Waals surface area (Å²) in [7, 11) is 0. The van der Waals surface area contributed by atoms with Crippen molar-refractivity contribution in [1.29, 1.82) is 0 Å². The van der Waals surface area contributed by atoms with Crippen LogP contribution in [0.1, 0.15) is 40.5 Å². The highest BCUT2D eigenvalue weighted by Crippen LogP contribution is 2.03. The molecule has 0 radical (unpaired) electrons. The third kappa shape index (κ3) is 11.7. The minimum Gasteiger partial charge on any atom is -0.481 e. The van der Waals surface area contributed by atoms with E-state index in [9.17, 15) is 4.79 Å². The molecule has 0 rings (SSSR count). The Morgan fingerprint density at radius 3 is 1.71 bits per heavy atom. The van der Waals surface area contributed by atoms with Gasteiger partial charge in [0, 0.05) is 6.92 Å². The Morgan fingerprint density at radius 2 is 1.50 bits per heavy atom. The van der Waals surface area contributed by atoms with Crippen LogP contribution in [0.4, 0.5) is 0 Å². The molecule has 0 fully saturated rings. The molecule has 0 aromatic heterocycles. The quantitative estimate of drug-likeness (QED) is 0.718. The molecule has 0 bridgehead atoms. The van der Waals surface area contributed by atoms with E-state index >= 15 is 0 Å². The van der Waals surface area contributed by atoms with E-state index in [1.54, 1.807) is 0 Å². The first kappa shape index (κ1) is 16.1. The van der Waals surface area contributed by atoms with Crippen molar-refractivity contribution in [2.24, 2.45) is 0 Å². The van der Waals surface area contributed by atoms with Crippen LogP contribution in [-0.4, -0.2) is 29.9 Å². The van der Waals surface area contributed by atoms with Gasteiger partial charge in [0.25, 0.3) is 5.97 Å². The summed E-state index contributed by atoms with van der Waals surface area (Å²) in [5, 5.41) is 9.71. The number of rotatable bonds is 5. The number of carbonyl (C=O) groups excluding carboxylic acids is 1. The minimum atomic E-state index is -0.943. The summed E-state index contributed by atoms with van der Waals surface area (Å²) in [4.78, 5) is 20.3. The molecule has 3 nitrogen and oxygen atoms in total. The number of carboxylic acids is 1. The monoisotopic (exact) mass is 216 g/mol. The Labute approximate surface area is 90.9 Å². The lowest BCUT2D eigenvalue weighted by molar-refractivity contribution is -0.134. The van der Waals surface area contributed by atoms with E-state index in [2.05, 4.69) is 20.8 Å². The SMILES string of the molecule is CC(=O)O.CCC[C](=O)[Al]([CH2]C)[CH2]C. The zero-order valence-electron chi connectivity index (χ0n) is 9.67. The van der Waals surface area contributed by atoms with Gasteiger partial charge in [-0.15, -0.1) is 0 Å². The average molecular weight is 216 g/mol. The van der Waals surface area contributed by atoms with E-state index in [-0.39, 0.29) is 0 Å². The molecular formula is C10H21AlO3. The van der Waals surface area contributed by atoms with E-state index in [0.29, 0.717) is 4.65 Å². The predicted molar refractivity (Wildman–Crippen MR) is 59.9 cm³/mol. The number of aliphatic carboxylic acids is 1. The number of carbonyl (C=O) groups is 2. The number of hydrogen-bond acceptors (Lipinski definition) is 2. The fraction of sp³-hybridized carbons (Fsp3) is 0.800. The average Bonchev–Trinajstić information content (AvgIpc) is 2.06. The molecule has 1 N–H and O–H groups in total. The minimum absolute atomic E-state index is 0.590. The van der Waals surface area contributed by atoms with Crippen LogP contribution in [0.3, 0.4) is 0 Å². The van der Waals surface area contributed by atoms with Crippen LogP contribution in [0.5, 0.6) is 0 Å². The summed E-state index contributed by atoms with van der Waals surface area (Å²) in [6, 6.07) is 0. The van der Waals surface area contributed by atoms with Gasteiger partial charge in [-0.2, -0.15) is 0 Å². The van der Waals surface area contributed by atoms with Gasteiger partial charge in [0.2, 0.25) is 0 Å². The standard InChI is InChI=1S/C4H7O.C2H4O2.2C2H5.Al/c1-2-3-4-5;1-2(3)4;2*1-2;/h2-3H2,1H3;1H3,(H,3,4);2*1H2,2H3;. The zero-order valence-corrected chi connectivity index (χ0v) is 10.8. The molecule has 0 aromatic rings. The van der Waals surface area contributed by atoms with Crippen molar-refractivity contribution in [3.05, 3.63) is 0 Å². The lowest BCUT2D eigenvalue weighted by Crippen LogP contribution is -2.23. The highest BCUT2D eigenvalue weighted by Gasteiger charge is 2.20. The Bertz CT molecular complexity index is 161. The van der Waals surface area contributed by atoms with E-state index in [1.165, 1.54) is 0 Å². The first-order valence-corrected chi connectivity index (χ1v) is 7.42. The first-order chi connectivity index (χ1) is 6.49. The molecule has 14 heavy (non-hydrogen) atoms. The van der Waals surface area contributed by atoms with Gasteiger partial charge in [0.1, 0.15) is 0 Å². The van der Waals surface area contributed by atoms with Crippen LogP contribution in [0, 0.1) is 0 Å². The van der Waals surface area contributed by atoms with Crippen LogP contribution >= 0.6 is 0 Å². The molecule has 82 valence electrons. The van der Waals surface area contributed by atoms with E-state index in [1.807, 2.05) is 0 Å². The molecular weight excluding hydrogens is 195 g/mol. The molecule has 0 aliphatic heterocycles. The van der Waals surface area contributed by atoms with Gasteiger partial charge in [-0.1, -0.05) is 37.8 Å². The van der Waals surface area contributed by atoms with Crippen molar-refractivity contribution in [3.63, 3.8) is 0 Å². The fourth-order valence-electron chi connectivity index (χ4n) is 1.19. The lowest BCUT2D eigenvalue weighted by Gasteiger charge is -2.02. The summed E-state index contributed by atoms with van der Waals surface area (Å²) in [5.74, 6) is -0.833. The molecule has 0 aliphatic carbocycles. The molecule has 0 atom stereocenters. The van der Waals surface area contributed by atoms with Gasteiger partial charge < -0.3 is 9.90 Å². The zero-order chi connectivity index (χ0) is 11.6. The second-order valence-corrected chi connectivity index (χ2v) is 6.92. The van der Waals surface area contributed by atoms with Crippen molar-refractivity contribution < 1.29 is 14.7 Å². The highest BCUT2D eigenvalue weighted by molar-refractivity contribution is 6.89. The maximum atomic E-state index is 11.3. The van der Waals surface area contributed by atoms with Crippen molar-refractivity contribution in [2.75, 3.05) is 0 Å². The second kappa shape index (κ2) is 10.8. The molecule has 0 amide bonds. The van der Waals surface area contributed by atoms with Gasteiger partial charge in [-0.25, -0.2) is 0 Å². The molecule has 0 saturated heterocycles. The summed E-state index contributed by atoms with van der Waals surface area (Å²) < 4.78 is 0.590. The van der Waals surface area contributed by atoms with E-state index in [0.717, 1.165) is 30.3 Å². The summed E-state index contributed by atoms with van der Waals surface area (Å²) in [5.41, 5.74) is 0. The van der Waals surface area contributed by atoms with Gasteiger partial charge in [0.15, 0.2) is 0 Å². The normalized spacial score (nSPS) is 8.57. The Morgan fingerprint density at radius 1 is 1.14 bits per heavy atom. The van der Waals surface area contributed by atoms with Crippen molar-refractivity contribution in [2.45, 2.75) is 51.1 Å². The molecule has 0 aliphatic rings. The van der Waals surface area contributed by atoms with Gasteiger partial charge >= 0.3 is 14.1 Å². The Kier molecular flexibility index (Phi) is 12.4. The fourth-order valence-corrected chi connectivity index (χ4v) is 3.38. The molecule has 0 spiro atoms. The topological polar surface area (TPSA) is 54.4 Å². The van der Waals surface area contributed by atoms with Gasteiger partial charge in [-0.3, -0.25) is 4.79 Å². The molecule has 0 heterocycles.